The quantitative estimate of drug-likeness (QED) is 0.654. The smallest absolute Gasteiger partial charge is 0.312 e. The molecule has 0 spiro atoms. The third kappa shape index (κ3) is 2.22. The predicted octanol–water partition coefficient (Wildman–Crippen LogP) is 1.28. The molecule has 72 valence electrons. The Morgan fingerprint density at radius 2 is 2.46 bits per heavy atom. The van der Waals surface area contributed by atoms with Gasteiger partial charge < -0.3 is 9.84 Å². The van der Waals surface area contributed by atoms with Gasteiger partial charge in [0.1, 0.15) is 5.41 Å². The Kier molecular flexibility index (Phi) is 3.32. The highest BCUT2D eigenvalue weighted by Gasteiger charge is 2.39. The van der Waals surface area contributed by atoms with Crippen LogP contribution in [0.25, 0.3) is 0 Å². The van der Waals surface area contributed by atoms with Crippen molar-refractivity contribution in [2.45, 2.75) is 26.2 Å². The van der Waals surface area contributed by atoms with Crippen molar-refractivity contribution in [3.63, 3.8) is 0 Å². The largest absolute Gasteiger partial charge is 0.481 e. The fourth-order valence-corrected chi connectivity index (χ4v) is 1.49. The number of rotatable bonds is 2. The molecule has 1 fully saturated rings. The minimum absolute atomic E-state index is 0.303. The zero-order valence-electron chi connectivity index (χ0n) is 7.80. The van der Waals surface area contributed by atoms with Gasteiger partial charge in [0, 0.05) is 13.0 Å². The molecule has 0 aliphatic carbocycles. The van der Waals surface area contributed by atoms with E-state index < -0.39 is 11.4 Å². The van der Waals surface area contributed by atoms with Crippen LogP contribution < -0.4 is 0 Å². The Morgan fingerprint density at radius 1 is 1.69 bits per heavy atom. The number of carboxylic acids is 1. The lowest BCUT2D eigenvalue weighted by Gasteiger charge is -2.31. The van der Waals surface area contributed by atoms with Crippen molar-refractivity contribution >= 4 is 5.97 Å². The van der Waals surface area contributed by atoms with Crippen LogP contribution in [0.3, 0.4) is 0 Å². The monoisotopic (exact) mass is 182 g/mol. The molecule has 1 saturated heterocycles. The van der Waals surface area contributed by atoms with Gasteiger partial charge in [0.2, 0.25) is 0 Å². The summed E-state index contributed by atoms with van der Waals surface area (Å²) in [6.07, 6.45) is 1.90. The summed E-state index contributed by atoms with van der Waals surface area (Å²) in [5.41, 5.74) is -0.749. The summed E-state index contributed by atoms with van der Waals surface area (Å²) in [7, 11) is 0. The Bertz CT molecular complexity index is 241. The molecule has 1 unspecified atom stereocenters. The third-order valence-electron chi connectivity index (χ3n) is 2.38. The lowest BCUT2D eigenvalue weighted by atomic mass is 9.80. The molecule has 0 radical (unpaired) electrons. The molecule has 1 aliphatic heterocycles. The molecule has 0 aromatic rings. The van der Waals surface area contributed by atoms with Gasteiger partial charge in [0.25, 0.3) is 0 Å². The van der Waals surface area contributed by atoms with Crippen molar-refractivity contribution in [2.75, 3.05) is 13.2 Å². The van der Waals surface area contributed by atoms with E-state index in [9.17, 15) is 4.79 Å². The first-order valence-corrected chi connectivity index (χ1v) is 4.42. The summed E-state index contributed by atoms with van der Waals surface area (Å²) in [5.74, 6) is 4.77. The highest BCUT2D eigenvalue weighted by molar-refractivity contribution is 5.75. The lowest BCUT2D eigenvalue weighted by Crippen LogP contribution is -2.39. The molecule has 0 amide bonds. The molecular formula is C10H14O3. The summed E-state index contributed by atoms with van der Waals surface area (Å²) in [5, 5.41) is 9.07. The summed E-state index contributed by atoms with van der Waals surface area (Å²) in [4.78, 5) is 11.0. The highest BCUT2D eigenvalue weighted by Crippen LogP contribution is 2.32. The van der Waals surface area contributed by atoms with Crippen LogP contribution >= 0.6 is 0 Å². The topological polar surface area (TPSA) is 46.5 Å². The van der Waals surface area contributed by atoms with E-state index >= 15 is 0 Å². The van der Waals surface area contributed by atoms with Crippen LogP contribution in [0.2, 0.25) is 0 Å². The Balaban J connectivity index is 2.70. The first kappa shape index (κ1) is 10.1. The number of hydrogen-bond donors (Lipinski definition) is 1. The van der Waals surface area contributed by atoms with Gasteiger partial charge in [-0.05, 0) is 19.8 Å². The van der Waals surface area contributed by atoms with Gasteiger partial charge in [-0.1, -0.05) is 0 Å². The molecule has 1 atom stereocenters. The molecular weight excluding hydrogens is 168 g/mol. The van der Waals surface area contributed by atoms with Gasteiger partial charge in [-0.15, -0.1) is 11.8 Å². The third-order valence-corrected chi connectivity index (χ3v) is 2.38. The lowest BCUT2D eigenvalue weighted by molar-refractivity contribution is -0.156. The summed E-state index contributed by atoms with van der Waals surface area (Å²) < 4.78 is 5.20. The van der Waals surface area contributed by atoms with E-state index in [0.717, 1.165) is 6.42 Å². The van der Waals surface area contributed by atoms with Gasteiger partial charge in [-0.3, -0.25) is 4.79 Å². The fraction of sp³-hybridized carbons (Fsp3) is 0.700. The van der Waals surface area contributed by atoms with E-state index in [2.05, 4.69) is 11.8 Å². The van der Waals surface area contributed by atoms with Crippen LogP contribution in [-0.4, -0.2) is 24.3 Å². The van der Waals surface area contributed by atoms with Gasteiger partial charge >= 0.3 is 5.97 Å². The van der Waals surface area contributed by atoms with Crippen molar-refractivity contribution in [1.29, 1.82) is 0 Å². The van der Waals surface area contributed by atoms with Crippen LogP contribution in [0.15, 0.2) is 0 Å². The second kappa shape index (κ2) is 4.29. The van der Waals surface area contributed by atoms with E-state index in [1.54, 1.807) is 6.92 Å². The highest BCUT2D eigenvalue weighted by atomic mass is 16.5. The fourth-order valence-electron chi connectivity index (χ4n) is 1.49. The summed E-state index contributed by atoms with van der Waals surface area (Å²) >= 11 is 0. The number of aliphatic carboxylic acids is 1. The average molecular weight is 182 g/mol. The van der Waals surface area contributed by atoms with E-state index in [4.69, 9.17) is 9.84 Å². The van der Waals surface area contributed by atoms with Gasteiger partial charge in [0.05, 0.1) is 6.61 Å². The van der Waals surface area contributed by atoms with Crippen LogP contribution in [0.4, 0.5) is 0 Å². The second-order valence-electron chi connectivity index (χ2n) is 3.35. The minimum atomic E-state index is -0.782. The Labute approximate surface area is 78.1 Å². The van der Waals surface area contributed by atoms with Crippen molar-refractivity contribution in [3.8, 4) is 11.8 Å². The normalized spacial score (nSPS) is 27.5. The van der Waals surface area contributed by atoms with Gasteiger partial charge in [-0.2, -0.15) is 0 Å². The van der Waals surface area contributed by atoms with Crippen LogP contribution in [0.5, 0.6) is 0 Å². The van der Waals surface area contributed by atoms with Gasteiger partial charge in [0.15, 0.2) is 0 Å². The zero-order valence-corrected chi connectivity index (χ0v) is 7.80. The zero-order chi connectivity index (χ0) is 9.73. The van der Waals surface area contributed by atoms with Crippen molar-refractivity contribution in [2.24, 2.45) is 5.41 Å². The molecule has 0 aromatic heterocycles. The maximum atomic E-state index is 11.0. The minimum Gasteiger partial charge on any atom is -0.481 e. The molecule has 0 saturated carbocycles. The van der Waals surface area contributed by atoms with Crippen LogP contribution in [0.1, 0.15) is 26.2 Å². The predicted molar refractivity (Wildman–Crippen MR) is 48.2 cm³/mol. The molecule has 0 bridgehead atoms. The summed E-state index contributed by atoms with van der Waals surface area (Å²) in [6.45, 7) is 2.70. The van der Waals surface area contributed by atoms with Crippen molar-refractivity contribution in [3.05, 3.63) is 0 Å². The molecule has 1 heterocycles. The maximum Gasteiger partial charge on any atom is 0.312 e. The molecule has 3 heteroatoms. The number of carboxylic acid groups (broad SMARTS) is 1. The summed E-state index contributed by atoms with van der Waals surface area (Å²) in [6, 6.07) is 0. The average Bonchev–Trinajstić information content (AvgIpc) is 2.16. The number of ether oxygens (including phenoxy) is 1. The van der Waals surface area contributed by atoms with Gasteiger partial charge in [-0.25, -0.2) is 0 Å². The van der Waals surface area contributed by atoms with Crippen LogP contribution in [-0.2, 0) is 9.53 Å². The van der Waals surface area contributed by atoms with Crippen molar-refractivity contribution < 1.29 is 14.6 Å². The molecule has 0 aromatic carbocycles. The SMILES string of the molecule is CC#CCC1(C(=O)O)CCCOC1. The van der Waals surface area contributed by atoms with Crippen LogP contribution in [0, 0.1) is 17.3 Å². The standard InChI is InChI=1S/C10H14O3/c1-2-3-5-10(9(11)12)6-4-7-13-8-10/h4-8H2,1H3,(H,11,12). The first-order valence-electron chi connectivity index (χ1n) is 4.42. The molecule has 1 rings (SSSR count). The number of hydrogen-bond acceptors (Lipinski definition) is 2. The first-order chi connectivity index (χ1) is 6.21. The maximum absolute atomic E-state index is 11.0. The van der Waals surface area contributed by atoms with E-state index in [0.29, 0.717) is 26.1 Å². The Morgan fingerprint density at radius 3 is 2.92 bits per heavy atom. The second-order valence-corrected chi connectivity index (χ2v) is 3.35. The Hall–Kier alpha value is -1.01. The van der Waals surface area contributed by atoms with E-state index in [1.165, 1.54) is 0 Å². The van der Waals surface area contributed by atoms with E-state index in [1.807, 2.05) is 0 Å². The molecule has 1 N–H and O–H groups in total. The number of carbonyl (C=O) groups is 1. The molecule has 3 nitrogen and oxygen atoms in total. The molecule has 13 heavy (non-hydrogen) atoms. The molecule has 1 aliphatic rings. The van der Waals surface area contributed by atoms with E-state index in [-0.39, 0.29) is 0 Å². The van der Waals surface area contributed by atoms with Crippen molar-refractivity contribution in [1.82, 2.24) is 0 Å².